The standard InChI is InChI=1S/C47H76NO9P/c1-3-5-7-9-11-12-13-14-15-16-17-18-19-20-21-22-26-30-34-38-46(50)54-42-45(43-56-58(52,53)55-41-40-48)57-47(51)39-35-31-27-23-25-29-33-37-44(49)36-32-28-24-10-8-6-4-2/h5,7,11-12,14-15,17-18,20-21,23-24,27-29,32-33,36,44-45,49H,3-4,6,8-10,13,16,19,22,25-26,30-31,34-35,37-43,48H2,1-2H3,(H,52,53)/b7-5-,12-11-,15-14-,18-17-,21-20-,27-23+,28-24-,33-29-,36-32-/t44-,45+/m0/s1. The summed E-state index contributed by atoms with van der Waals surface area (Å²) in [6.45, 7) is 3.36. The van der Waals surface area contributed by atoms with E-state index < -0.39 is 38.6 Å². The zero-order valence-electron chi connectivity index (χ0n) is 35.6. The van der Waals surface area contributed by atoms with Crippen LogP contribution in [0.1, 0.15) is 136 Å². The molecule has 0 aromatic heterocycles. The van der Waals surface area contributed by atoms with Crippen LogP contribution in [0.2, 0.25) is 0 Å². The summed E-state index contributed by atoms with van der Waals surface area (Å²) in [5.41, 5.74) is 5.33. The van der Waals surface area contributed by atoms with Gasteiger partial charge in [0.15, 0.2) is 6.10 Å². The van der Waals surface area contributed by atoms with Crippen LogP contribution >= 0.6 is 7.82 Å². The Hall–Kier alpha value is -3.37. The van der Waals surface area contributed by atoms with Crippen LogP contribution in [0.4, 0.5) is 0 Å². The summed E-state index contributed by atoms with van der Waals surface area (Å²) < 4.78 is 32.6. The molecule has 328 valence electrons. The van der Waals surface area contributed by atoms with Crippen molar-refractivity contribution in [3.05, 3.63) is 109 Å². The van der Waals surface area contributed by atoms with E-state index in [0.29, 0.717) is 32.1 Å². The van der Waals surface area contributed by atoms with Gasteiger partial charge in [0.05, 0.1) is 19.3 Å². The maximum atomic E-state index is 12.6. The Morgan fingerprint density at radius 1 is 0.621 bits per heavy atom. The Bertz CT molecular complexity index is 1330. The molecule has 0 aliphatic heterocycles. The summed E-state index contributed by atoms with van der Waals surface area (Å²) in [4.78, 5) is 34.9. The Labute approximate surface area is 351 Å². The fraction of sp³-hybridized carbons (Fsp3) is 0.574. The van der Waals surface area contributed by atoms with Gasteiger partial charge in [-0.1, -0.05) is 142 Å². The smallest absolute Gasteiger partial charge is 0.462 e. The van der Waals surface area contributed by atoms with Gasteiger partial charge in [0.2, 0.25) is 0 Å². The minimum Gasteiger partial charge on any atom is -0.462 e. The van der Waals surface area contributed by atoms with Gasteiger partial charge >= 0.3 is 19.8 Å². The SMILES string of the molecule is CC/C=C\C/C=C\C/C=C\C/C=C\C/C=C\CCCCCC(=O)OC[C@H](COP(=O)(O)OCCN)OC(=O)CCC/C=C/C/C=C\C[C@@H](O)/C=C\C=C/CCCCC. The van der Waals surface area contributed by atoms with Gasteiger partial charge in [-0.05, 0) is 89.9 Å². The molecule has 0 spiro atoms. The maximum absolute atomic E-state index is 12.6. The van der Waals surface area contributed by atoms with Gasteiger partial charge in [-0.15, -0.1) is 0 Å². The van der Waals surface area contributed by atoms with Gasteiger partial charge in [-0.2, -0.15) is 0 Å². The van der Waals surface area contributed by atoms with Crippen molar-refractivity contribution in [2.75, 3.05) is 26.4 Å². The van der Waals surface area contributed by atoms with Crippen molar-refractivity contribution < 1.29 is 42.7 Å². The highest BCUT2D eigenvalue weighted by atomic mass is 31.2. The van der Waals surface area contributed by atoms with E-state index >= 15 is 0 Å². The molecule has 0 amide bonds. The molecule has 0 fully saturated rings. The summed E-state index contributed by atoms with van der Waals surface area (Å²) in [6.07, 6.45) is 51.5. The normalized spacial score (nSPS) is 14.9. The molecule has 3 atom stereocenters. The highest BCUT2D eigenvalue weighted by Gasteiger charge is 2.25. The molecule has 0 bridgehead atoms. The van der Waals surface area contributed by atoms with Crippen LogP contribution in [0.5, 0.6) is 0 Å². The molecule has 1 unspecified atom stereocenters. The number of unbranched alkanes of at least 4 members (excludes halogenated alkanes) is 7. The van der Waals surface area contributed by atoms with E-state index in [1.807, 2.05) is 36.5 Å². The lowest BCUT2D eigenvalue weighted by Crippen LogP contribution is -2.29. The highest BCUT2D eigenvalue weighted by Crippen LogP contribution is 2.43. The number of rotatable bonds is 38. The third-order valence-electron chi connectivity index (χ3n) is 8.22. The first-order chi connectivity index (χ1) is 28.2. The Morgan fingerprint density at radius 2 is 1.17 bits per heavy atom. The third kappa shape index (κ3) is 40.8. The van der Waals surface area contributed by atoms with Crippen molar-refractivity contribution >= 4 is 19.8 Å². The number of phosphoric ester groups is 1. The van der Waals surface area contributed by atoms with Gasteiger partial charge in [0.25, 0.3) is 0 Å². The molecule has 0 aromatic rings. The molecule has 0 aliphatic rings. The predicted molar refractivity (Wildman–Crippen MR) is 239 cm³/mol. The molecule has 0 radical (unpaired) electrons. The molecule has 4 N–H and O–H groups in total. The van der Waals surface area contributed by atoms with E-state index in [2.05, 4.69) is 80.7 Å². The van der Waals surface area contributed by atoms with Crippen molar-refractivity contribution in [3.8, 4) is 0 Å². The molecule has 58 heavy (non-hydrogen) atoms. The minimum absolute atomic E-state index is 0.0229. The number of carbonyl (C=O) groups is 2. The summed E-state index contributed by atoms with van der Waals surface area (Å²) in [5, 5.41) is 10.1. The van der Waals surface area contributed by atoms with E-state index in [4.69, 9.17) is 24.3 Å². The molecular weight excluding hydrogens is 753 g/mol. The molecule has 11 heteroatoms. The van der Waals surface area contributed by atoms with Crippen LogP contribution in [-0.2, 0) is 32.7 Å². The first kappa shape index (κ1) is 54.6. The average Bonchev–Trinajstić information content (AvgIpc) is 3.21. The number of carbonyl (C=O) groups excluding carboxylic acids is 2. The second-order valence-corrected chi connectivity index (χ2v) is 15.1. The number of phosphoric acid groups is 1. The first-order valence-corrected chi connectivity index (χ1v) is 23.0. The molecule has 0 saturated heterocycles. The monoisotopic (exact) mass is 830 g/mol. The van der Waals surface area contributed by atoms with Crippen LogP contribution < -0.4 is 5.73 Å². The lowest BCUT2D eigenvalue weighted by atomic mass is 10.1. The van der Waals surface area contributed by atoms with Crippen molar-refractivity contribution in [2.24, 2.45) is 5.73 Å². The second kappa shape index (κ2) is 41.8. The average molecular weight is 830 g/mol. The zero-order valence-corrected chi connectivity index (χ0v) is 36.5. The van der Waals surface area contributed by atoms with Gasteiger partial charge in [-0.3, -0.25) is 18.6 Å². The summed E-state index contributed by atoms with van der Waals surface area (Å²) >= 11 is 0. The number of ether oxygens (including phenoxy) is 2. The van der Waals surface area contributed by atoms with Gasteiger partial charge < -0.3 is 25.2 Å². The summed E-state index contributed by atoms with van der Waals surface area (Å²) in [5.74, 6) is -0.987. The van der Waals surface area contributed by atoms with Gasteiger partial charge in [-0.25, -0.2) is 4.57 Å². The Kier molecular flexibility index (Phi) is 39.4. The Balaban J connectivity index is 4.41. The van der Waals surface area contributed by atoms with Crippen LogP contribution in [0.25, 0.3) is 0 Å². The molecule has 0 aliphatic carbocycles. The lowest BCUT2D eigenvalue weighted by Gasteiger charge is -2.19. The second-order valence-electron chi connectivity index (χ2n) is 13.7. The van der Waals surface area contributed by atoms with E-state index in [0.717, 1.165) is 57.8 Å². The third-order valence-corrected chi connectivity index (χ3v) is 9.21. The molecule has 0 heterocycles. The molecule has 10 nitrogen and oxygen atoms in total. The summed E-state index contributed by atoms with van der Waals surface area (Å²) in [6, 6.07) is 0. The number of hydrogen-bond acceptors (Lipinski definition) is 9. The van der Waals surface area contributed by atoms with Gasteiger partial charge in [0.1, 0.15) is 6.61 Å². The number of hydrogen-bond donors (Lipinski definition) is 3. The predicted octanol–water partition coefficient (Wildman–Crippen LogP) is 11.4. The van der Waals surface area contributed by atoms with Crippen LogP contribution in [-0.4, -0.2) is 60.5 Å². The molecule has 0 aromatic carbocycles. The van der Waals surface area contributed by atoms with Crippen molar-refractivity contribution in [1.29, 1.82) is 0 Å². The Morgan fingerprint density at radius 3 is 1.79 bits per heavy atom. The van der Waals surface area contributed by atoms with Crippen LogP contribution in [0.15, 0.2) is 109 Å². The van der Waals surface area contributed by atoms with E-state index in [1.54, 1.807) is 6.08 Å². The van der Waals surface area contributed by atoms with Crippen molar-refractivity contribution in [2.45, 2.75) is 148 Å². The van der Waals surface area contributed by atoms with Crippen molar-refractivity contribution in [3.63, 3.8) is 0 Å². The quantitative estimate of drug-likeness (QED) is 0.0180. The maximum Gasteiger partial charge on any atom is 0.472 e. The molecule has 0 saturated carbocycles. The number of aliphatic hydroxyl groups excluding tert-OH is 1. The van der Waals surface area contributed by atoms with Crippen molar-refractivity contribution in [1.82, 2.24) is 0 Å². The topological polar surface area (TPSA) is 155 Å². The number of nitrogens with two attached hydrogens (primary N) is 1. The fourth-order valence-corrected chi connectivity index (χ4v) is 5.79. The van der Waals surface area contributed by atoms with Crippen LogP contribution in [0.3, 0.4) is 0 Å². The largest absolute Gasteiger partial charge is 0.472 e. The fourth-order valence-electron chi connectivity index (χ4n) is 5.03. The van der Waals surface area contributed by atoms with Gasteiger partial charge in [0, 0.05) is 19.4 Å². The summed E-state index contributed by atoms with van der Waals surface area (Å²) in [7, 11) is -4.42. The van der Waals surface area contributed by atoms with E-state index in [9.17, 15) is 24.2 Å². The minimum atomic E-state index is -4.42. The van der Waals surface area contributed by atoms with Crippen LogP contribution in [0, 0.1) is 0 Å². The number of aliphatic hydroxyl groups is 1. The molecule has 0 rings (SSSR count). The first-order valence-electron chi connectivity index (χ1n) is 21.5. The lowest BCUT2D eigenvalue weighted by molar-refractivity contribution is -0.161. The zero-order chi connectivity index (χ0) is 42.6. The van der Waals surface area contributed by atoms with E-state index in [1.165, 1.54) is 19.3 Å². The van der Waals surface area contributed by atoms with E-state index in [-0.39, 0.29) is 32.6 Å². The molecular formula is C47H76NO9P. The number of allylic oxidation sites excluding steroid dienone is 16. The highest BCUT2D eigenvalue weighted by molar-refractivity contribution is 7.47. The number of esters is 2.